The summed E-state index contributed by atoms with van der Waals surface area (Å²) in [4.78, 5) is 11.8. The van der Waals surface area contributed by atoms with E-state index in [0.717, 1.165) is 19.3 Å². The number of para-hydroxylation sites is 1. The Kier molecular flexibility index (Phi) is 1.83. The molecule has 1 saturated carbocycles. The molecular formula is C12H12O3. The molecule has 0 radical (unpaired) electrons. The minimum atomic E-state index is -0.587. The Bertz CT molecular complexity index is 387. The smallest absolute Gasteiger partial charge is 0.346 e. The highest BCUT2D eigenvalue weighted by Gasteiger charge is 2.66. The monoisotopic (exact) mass is 204 g/mol. The van der Waals surface area contributed by atoms with Crippen molar-refractivity contribution in [3.63, 3.8) is 0 Å². The summed E-state index contributed by atoms with van der Waals surface area (Å²) < 4.78 is 10.7. The van der Waals surface area contributed by atoms with Gasteiger partial charge in [0.05, 0.1) is 6.10 Å². The number of esters is 1. The molecule has 15 heavy (non-hydrogen) atoms. The molecule has 0 bridgehead atoms. The van der Waals surface area contributed by atoms with E-state index < -0.39 is 5.60 Å². The second-order valence-corrected chi connectivity index (χ2v) is 4.09. The van der Waals surface area contributed by atoms with Crippen LogP contribution in [0.25, 0.3) is 0 Å². The van der Waals surface area contributed by atoms with Crippen LogP contribution >= 0.6 is 0 Å². The lowest BCUT2D eigenvalue weighted by Gasteiger charge is -2.08. The molecule has 2 unspecified atom stereocenters. The Morgan fingerprint density at radius 2 is 2.20 bits per heavy atom. The highest BCUT2D eigenvalue weighted by atomic mass is 16.7. The predicted octanol–water partition coefficient (Wildman–Crippen LogP) is 1.91. The van der Waals surface area contributed by atoms with Crippen molar-refractivity contribution < 1.29 is 14.3 Å². The van der Waals surface area contributed by atoms with Crippen LogP contribution in [0, 0.1) is 0 Å². The van der Waals surface area contributed by atoms with Crippen molar-refractivity contribution in [2.45, 2.75) is 31.0 Å². The van der Waals surface area contributed by atoms with Crippen LogP contribution in [0.5, 0.6) is 5.75 Å². The minimum Gasteiger partial charge on any atom is -0.424 e. The third-order valence-corrected chi connectivity index (χ3v) is 3.13. The molecule has 1 aromatic carbocycles. The molecule has 1 aliphatic carbocycles. The van der Waals surface area contributed by atoms with Crippen LogP contribution < -0.4 is 4.74 Å². The molecule has 3 nitrogen and oxygen atoms in total. The average Bonchev–Trinajstić information content (AvgIpc) is 2.84. The number of hydrogen-bond donors (Lipinski definition) is 0. The first-order chi connectivity index (χ1) is 7.31. The molecule has 1 aromatic rings. The summed E-state index contributed by atoms with van der Waals surface area (Å²) in [6.07, 6.45) is 2.98. The van der Waals surface area contributed by atoms with E-state index in [1.54, 1.807) is 12.1 Å². The number of ether oxygens (including phenoxy) is 2. The van der Waals surface area contributed by atoms with Crippen LogP contribution in [-0.4, -0.2) is 17.7 Å². The molecule has 0 aromatic heterocycles. The second-order valence-electron chi connectivity index (χ2n) is 4.09. The van der Waals surface area contributed by atoms with E-state index in [1.807, 2.05) is 18.2 Å². The van der Waals surface area contributed by atoms with Crippen molar-refractivity contribution in [1.82, 2.24) is 0 Å². The number of hydrogen-bond acceptors (Lipinski definition) is 3. The Balaban J connectivity index is 1.72. The van der Waals surface area contributed by atoms with Crippen molar-refractivity contribution >= 4 is 5.97 Å². The molecule has 0 N–H and O–H groups in total. The van der Waals surface area contributed by atoms with E-state index in [-0.39, 0.29) is 12.1 Å². The van der Waals surface area contributed by atoms with Gasteiger partial charge in [0.1, 0.15) is 5.75 Å². The molecule has 1 saturated heterocycles. The van der Waals surface area contributed by atoms with Gasteiger partial charge < -0.3 is 9.47 Å². The van der Waals surface area contributed by atoms with Gasteiger partial charge in [-0.05, 0) is 31.4 Å². The third-order valence-electron chi connectivity index (χ3n) is 3.13. The van der Waals surface area contributed by atoms with Gasteiger partial charge in [-0.25, -0.2) is 4.79 Å². The Morgan fingerprint density at radius 1 is 1.40 bits per heavy atom. The minimum absolute atomic E-state index is 0.119. The predicted molar refractivity (Wildman–Crippen MR) is 53.5 cm³/mol. The highest BCUT2D eigenvalue weighted by molar-refractivity contribution is 5.85. The zero-order valence-electron chi connectivity index (χ0n) is 8.31. The maximum absolute atomic E-state index is 11.8. The van der Waals surface area contributed by atoms with Gasteiger partial charge >= 0.3 is 5.97 Å². The van der Waals surface area contributed by atoms with Gasteiger partial charge in [0.2, 0.25) is 0 Å². The van der Waals surface area contributed by atoms with E-state index >= 15 is 0 Å². The number of benzene rings is 1. The normalized spacial score (nSPS) is 32.1. The van der Waals surface area contributed by atoms with Crippen LogP contribution in [0.15, 0.2) is 30.3 Å². The first-order valence-electron chi connectivity index (χ1n) is 5.26. The fourth-order valence-corrected chi connectivity index (χ4v) is 2.25. The number of carbonyl (C=O) groups is 1. The van der Waals surface area contributed by atoms with Gasteiger partial charge in [0.15, 0.2) is 5.60 Å². The Morgan fingerprint density at radius 3 is 2.80 bits per heavy atom. The maximum Gasteiger partial charge on any atom is 0.346 e. The first kappa shape index (κ1) is 8.92. The van der Waals surface area contributed by atoms with E-state index in [9.17, 15) is 4.79 Å². The van der Waals surface area contributed by atoms with Gasteiger partial charge in [-0.2, -0.15) is 0 Å². The zero-order valence-corrected chi connectivity index (χ0v) is 8.31. The number of fused-ring (bicyclic) bond motifs is 1. The summed E-state index contributed by atoms with van der Waals surface area (Å²) >= 11 is 0. The fourth-order valence-electron chi connectivity index (χ4n) is 2.25. The summed E-state index contributed by atoms with van der Waals surface area (Å²) in [6, 6.07) is 9.14. The number of rotatable bonds is 2. The standard InChI is InChI=1S/C12H12O3/c13-11(12-8-4-7-10(12)15-12)14-9-5-2-1-3-6-9/h1-3,5-6,10H,4,7-8H2. The van der Waals surface area contributed by atoms with Gasteiger partial charge in [-0.1, -0.05) is 18.2 Å². The summed E-state index contributed by atoms with van der Waals surface area (Å²) in [5, 5.41) is 0. The topological polar surface area (TPSA) is 38.8 Å². The lowest BCUT2D eigenvalue weighted by atomic mass is 10.1. The molecule has 2 aliphatic rings. The summed E-state index contributed by atoms with van der Waals surface area (Å²) in [5.74, 6) is 0.370. The molecule has 3 heteroatoms. The van der Waals surface area contributed by atoms with E-state index in [2.05, 4.69) is 0 Å². The summed E-state index contributed by atoms with van der Waals surface area (Å²) in [7, 11) is 0. The van der Waals surface area contributed by atoms with Gasteiger partial charge in [-0.15, -0.1) is 0 Å². The van der Waals surface area contributed by atoms with Crippen LogP contribution in [0.1, 0.15) is 19.3 Å². The maximum atomic E-state index is 11.8. The first-order valence-corrected chi connectivity index (χ1v) is 5.26. The summed E-state index contributed by atoms with van der Waals surface area (Å²) in [5.41, 5.74) is -0.587. The largest absolute Gasteiger partial charge is 0.424 e. The lowest BCUT2D eigenvalue weighted by molar-refractivity contribution is -0.140. The molecular weight excluding hydrogens is 192 g/mol. The lowest BCUT2D eigenvalue weighted by Crippen LogP contribution is -2.29. The Labute approximate surface area is 88.0 Å². The van der Waals surface area contributed by atoms with Crippen molar-refractivity contribution in [3.8, 4) is 5.75 Å². The number of carbonyl (C=O) groups excluding carboxylic acids is 1. The zero-order chi connectivity index (χ0) is 10.3. The van der Waals surface area contributed by atoms with Crippen LogP contribution in [0.3, 0.4) is 0 Å². The van der Waals surface area contributed by atoms with Crippen LogP contribution in [0.4, 0.5) is 0 Å². The molecule has 0 spiro atoms. The third kappa shape index (κ3) is 1.35. The van der Waals surface area contributed by atoms with E-state index in [0.29, 0.717) is 5.75 Å². The highest BCUT2D eigenvalue weighted by Crippen LogP contribution is 2.50. The Hall–Kier alpha value is -1.35. The number of epoxide rings is 1. The SMILES string of the molecule is O=C(Oc1ccccc1)C12CCCC1O2. The van der Waals surface area contributed by atoms with E-state index in [1.165, 1.54) is 0 Å². The van der Waals surface area contributed by atoms with Crippen molar-refractivity contribution in [1.29, 1.82) is 0 Å². The van der Waals surface area contributed by atoms with Crippen LogP contribution in [-0.2, 0) is 9.53 Å². The summed E-state index contributed by atoms with van der Waals surface area (Å²) in [6.45, 7) is 0. The van der Waals surface area contributed by atoms with Crippen molar-refractivity contribution in [2.75, 3.05) is 0 Å². The quantitative estimate of drug-likeness (QED) is 0.419. The molecule has 2 atom stereocenters. The molecule has 3 rings (SSSR count). The second kappa shape index (κ2) is 3.07. The van der Waals surface area contributed by atoms with Crippen molar-refractivity contribution in [3.05, 3.63) is 30.3 Å². The van der Waals surface area contributed by atoms with Gasteiger partial charge in [0.25, 0.3) is 0 Å². The molecule has 1 aliphatic heterocycles. The fraction of sp³-hybridized carbons (Fsp3) is 0.417. The van der Waals surface area contributed by atoms with Crippen LogP contribution in [0.2, 0.25) is 0 Å². The molecule has 2 fully saturated rings. The van der Waals surface area contributed by atoms with Gasteiger partial charge in [-0.3, -0.25) is 0 Å². The van der Waals surface area contributed by atoms with Crippen molar-refractivity contribution in [2.24, 2.45) is 0 Å². The molecule has 0 amide bonds. The molecule has 1 heterocycles. The average molecular weight is 204 g/mol. The molecule has 78 valence electrons. The van der Waals surface area contributed by atoms with Gasteiger partial charge in [0, 0.05) is 0 Å². The van der Waals surface area contributed by atoms with E-state index in [4.69, 9.17) is 9.47 Å².